The van der Waals surface area contributed by atoms with Gasteiger partial charge in [0.1, 0.15) is 5.75 Å². The van der Waals surface area contributed by atoms with E-state index >= 15 is 0 Å². The predicted molar refractivity (Wildman–Crippen MR) is 108 cm³/mol. The van der Waals surface area contributed by atoms with E-state index in [-0.39, 0.29) is 23.2 Å². The molecule has 2 fully saturated rings. The summed E-state index contributed by atoms with van der Waals surface area (Å²) in [4.78, 5) is 13.2. The van der Waals surface area contributed by atoms with Gasteiger partial charge in [0, 0.05) is 30.3 Å². The lowest BCUT2D eigenvalue weighted by Crippen LogP contribution is -2.60. The highest BCUT2D eigenvalue weighted by atomic mass is 16.5. The average molecular weight is 377 g/mol. The van der Waals surface area contributed by atoms with Crippen molar-refractivity contribution >= 4 is 5.97 Å². The topological polar surface area (TPSA) is 47.6 Å². The zero-order valence-electron chi connectivity index (χ0n) is 16.7. The number of benzene rings is 2. The molecule has 0 amide bonds. The van der Waals surface area contributed by atoms with Gasteiger partial charge in [0.15, 0.2) is 0 Å². The Kier molecular flexibility index (Phi) is 3.86. The molecule has 1 aliphatic heterocycles. The van der Waals surface area contributed by atoms with E-state index in [9.17, 15) is 4.79 Å². The largest absolute Gasteiger partial charge is 0.496 e. The summed E-state index contributed by atoms with van der Waals surface area (Å²) in [5, 5.41) is 3.56. The number of carbonyl (C=O) groups is 1. The van der Waals surface area contributed by atoms with Crippen LogP contribution in [0.2, 0.25) is 0 Å². The van der Waals surface area contributed by atoms with Crippen molar-refractivity contribution in [2.45, 2.75) is 31.1 Å². The van der Waals surface area contributed by atoms with Crippen LogP contribution in [0.25, 0.3) is 0 Å². The molecule has 4 aliphatic rings. The van der Waals surface area contributed by atoms with Crippen molar-refractivity contribution in [1.29, 1.82) is 0 Å². The van der Waals surface area contributed by atoms with E-state index in [1.807, 2.05) is 0 Å². The molecule has 6 rings (SSSR count). The molecule has 0 radical (unpaired) electrons. The van der Waals surface area contributed by atoms with Crippen molar-refractivity contribution in [3.05, 3.63) is 64.7 Å². The molecule has 1 N–H and O–H groups in total. The predicted octanol–water partition coefficient (Wildman–Crippen LogP) is 3.56. The summed E-state index contributed by atoms with van der Waals surface area (Å²) in [7, 11) is 3.25. The van der Waals surface area contributed by atoms with Crippen LogP contribution in [0.15, 0.2) is 42.5 Å². The lowest BCUT2D eigenvalue weighted by molar-refractivity contribution is -0.161. The molecule has 2 aromatic carbocycles. The zero-order valence-corrected chi connectivity index (χ0v) is 16.7. The first-order valence-corrected chi connectivity index (χ1v) is 10.1. The number of hydrogen-bond acceptors (Lipinski definition) is 4. The average Bonchev–Trinajstić information content (AvgIpc) is 3.21. The Morgan fingerprint density at radius 3 is 2.75 bits per heavy atom. The number of nitrogens with one attached hydrogen (secondary N) is 1. The zero-order chi connectivity index (χ0) is 19.5. The smallest absolute Gasteiger partial charge is 0.314 e. The van der Waals surface area contributed by atoms with Crippen molar-refractivity contribution in [1.82, 2.24) is 5.32 Å². The van der Waals surface area contributed by atoms with Crippen LogP contribution in [0.4, 0.5) is 0 Å². The second kappa shape index (κ2) is 6.08. The summed E-state index contributed by atoms with van der Waals surface area (Å²) in [6.07, 6.45) is 2.07. The van der Waals surface area contributed by atoms with E-state index in [1.165, 1.54) is 23.8 Å². The van der Waals surface area contributed by atoms with E-state index in [0.29, 0.717) is 6.54 Å². The van der Waals surface area contributed by atoms with Gasteiger partial charge >= 0.3 is 5.97 Å². The minimum atomic E-state index is -0.491. The first kappa shape index (κ1) is 17.7. The lowest BCUT2D eigenvalue weighted by Gasteiger charge is -2.59. The van der Waals surface area contributed by atoms with Gasteiger partial charge in [0.05, 0.1) is 19.6 Å². The fourth-order valence-electron chi connectivity index (χ4n) is 6.68. The van der Waals surface area contributed by atoms with Crippen molar-refractivity contribution in [2.24, 2.45) is 11.3 Å². The fraction of sp³-hybridized carbons (Fsp3) is 0.458. The van der Waals surface area contributed by atoms with Gasteiger partial charge in [-0.15, -0.1) is 0 Å². The van der Waals surface area contributed by atoms with Crippen molar-refractivity contribution in [3.63, 3.8) is 0 Å². The van der Waals surface area contributed by atoms with Crippen LogP contribution in [-0.4, -0.2) is 33.3 Å². The van der Waals surface area contributed by atoms with Crippen LogP contribution >= 0.6 is 0 Å². The molecule has 4 nitrogen and oxygen atoms in total. The summed E-state index contributed by atoms with van der Waals surface area (Å²) in [6.45, 7) is 3.63. The summed E-state index contributed by atoms with van der Waals surface area (Å²) < 4.78 is 10.9. The van der Waals surface area contributed by atoms with Crippen LogP contribution < -0.4 is 10.1 Å². The molecule has 0 spiro atoms. The molecule has 2 aromatic rings. The summed E-state index contributed by atoms with van der Waals surface area (Å²) in [6, 6.07) is 15.3. The molecule has 1 saturated carbocycles. The molecule has 2 bridgehead atoms. The van der Waals surface area contributed by atoms with Crippen LogP contribution in [0.1, 0.15) is 41.0 Å². The Bertz CT molecular complexity index is 955. The summed E-state index contributed by atoms with van der Waals surface area (Å²) in [5.41, 5.74) is 4.47. The molecular weight excluding hydrogens is 350 g/mol. The van der Waals surface area contributed by atoms with Crippen LogP contribution in [0.5, 0.6) is 5.75 Å². The Balaban J connectivity index is 1.81. The third kappa shape index (κ3) is 1.97. The number of aryl methyl sites for hydroxylation is 1. The highest BCUT2D eigenvalue weighted by molar-refractivity contribution is 5.82. The molecule has 28 heavy (non-hydrogen) atoms. The van der Waals surface area contributed by atoms with E-state index < -0.39 is 5.41 Å². The molecule has 1 heterocycles. The lowest BCUT2D eigenvalue weighted by atomic mass is 9.42. The van der Waals surface area contributed by atoms with Crippen LogP contribution in [0.3, 0.4) is 0 Å². The Labute approximate surface area is 166 Å². The molecule has 1 saturated heterocycles. The quantitative estimate of drug-likeness (QED) is 0.831. The molecule has 4 atom stereocenters. The van der Waals surface area contributed by atoms with E-state index in [1.54, 1.807) is 7.11 Å². The molecule has 146 valence electrons. The number of carbonyl (C=O) groups excluding carboxylic acids is 1. The molecular formula is C24H27NO3. The number of ether oxygens (including phenoxy) is 2. The van der Waals surface area contributed by atoms with Crippen LogP contribution in [0, 0.1) is 18.3 Å². The Morgan fingerprint density at radius 2 is 2.00 bits per heavy atom. The van der Waals surface area contributed by atoms with Crippen molar-refractivity contribution < 1.29 is 14.3 Å². The maximum Gasteiger partial charge on any atom is 0.314 e. The van der Waals surface area contributed by atoms with Gasteiger partial charge in [-0.2, -0.15) is 0 Å². The highest BCUT2D eigenvalue weighted by Crippen LogP contribution is 2.68. The van der Waals surface area contributed by atoms with Crippen molar-refractivity contribution in [2.75, 3.05) is 27.3 Å². The summed E-state index contributed by atoms with van der Waals surface area (Å²) >= 11 is 0. The maximum atomic E-state index is 13.2. The van der Waals surface area contributed by atoms with Crippen LogP contribution in [-0.2, 0) is 14.9 Å². The monoisotopic (exact) mass is 377 g/mol. The number of rotatable bonds is 3. The first-order chi connectivity index (χ1) is 13.6. The van der Waals surface area contributed by atoms with Gasteiger partial charge in [-0.1, -0.05) is 36.4 Å². The number of methoxy groups -OCH3 is 2. The second-order valence-corrected chi connectivity index (χ2v) is 8.55. The molecule has 0 aromatic heterocycles. The van der Waals surface area contributed by atoms with E-state index in [4.69, 9.17) is 9.47 Å². The van der Waals surface area contributed by atoms with Gasteiger partial charge in [-0.3, -0.25) is 4.79 Å². The normalized spacial score (nSPS) is 32.5. The molecule has 3 aliphatic carbocycles. The summed E-state index contributed by atoms with van der Waals surface area (Å²) in [5.74, 6) is 1.25. The van der Waals surface area contributed by atoms with Gasteiger partial charge in [-0.05, 0) is 48.1 Å². The molecule has 4 unspecified atom stereocenters. The Hall–Kier alpha value is -2.33. The van der Waals surface area contributed by atoms with Gasteiger partial charge in [0.2, 0.25) is 0 Å². The van der Waals surface area contributed by atoms with Gasteiger partial charge in [-0.25, -0.2) is 0 Å². The van der Waals surface area contributed by atoms with Gasteiger partial charge < -0.3 is 14.8 Å². The SMILES string of the molecule is COC(=O)C12CNCC1C1(c3ccc(OC)c(C)c3)CCC2c2ccccc21. The number of fused-ring (bicyclic) bond motifs is 1. The standard InChI is InChI=1S/C24H27NO3/c1-15-12-16(8-9-20(15)27-2)23-11-10-19(17-6-4-5-7-18(17)23)24(22(26)28-3)14-25-13-21(23)24/h4-9,12,19,21,25H,10-11,13-14H2,1-3H3. The molecule has 4 heteroatoms. The minimum absolute atomic E-state index is 0.0590. The Morgan fingerprint density at radius 1 is 1.18 bits per heavy atom. The van der Waals surface area contributed by atoms with E-state index in [0.717, 1.165) is 30.7 Å². The maximum absolute atomic E-state index is 13.2. The fourth-order valence-corrected chi connectivity index (χ4v) is 6.68. The van der Waals surface area contributed by atoms with Crippen molar-refractivity contribution in [3.8, 4) is 5.75 Å². The first-order valence-electron chi connectivity index (χ1n) is 10.1. The number of esters is 1. The number of hydrogen-bond donors (Lipinski definition) is 1. The minimum Gasteiger partial charge on any atom is -0.496 e. The van der Waals surface area contributed by atoms with E-state index in [2.05, 4.69) is 54.7 Å². The third-order valence-electron chi connectivity index (χ3n) is 7.72. The third-order valence-corrected chi connectivity index (χ3v) is 7.72. The van der Waals surface area contributed by atoms with Gasteiger partial charge in [0.25, 0.3) is 0 Å². The highest BCUT2D eigenvalue weighted by Gasteiger charge is 2.69. The second-order valence-electron chi connectivity index (χ2n) is 8.55.